The van der Waals surface area contributed by atoms with Crippen molar-refractivity contribution in [2.45, 2.75) is 19.4 Å². The Morgan fingerprint density at radius 2 is 1.39 bits per heavy atom. The van der Waals surface area contributed by atoms with Crippen LogP contribution in [-0.4, -0.2) is 18.0 Å². The Hall–Kier alpha value is -1.59. The van der Waals surface area contributed by atoms with Gasteiger partial charge >= 0.3 is 0 Å². The predicted molar refractivity (Wildman–Crippen MR) is 56.1 cm³/mol. The second-order valence-corrected chi connectivity index (χ2v) is 4.23. The van der Waals surface area contributed by atoms with E-state index in [1.807, 2.05) is 0 Å². The molecule has 0 radical (unpaired) electrons. The fourth-order valence-corrected chi connectivity index (χ4v) is 1.93. The van der Waals surface area contributed by atoms with E-state index in [-0.39, 0.29) is 11.7 Å². The maximum absolute atomic E-state index is 13.6. The second-order valence-electron chi connectivity index (χ2n) is 4.23. The molecule has 0 aromatic heterocycles. The van der Waals surface area contributed by atoms with Crippen molar-refractivity contribution in [2.24, 2.45) is 0 Å². The average Bonchev–Trinajstić information content (AvgIpc) is 2.66. The lowest BCUT2D eigenvalue weighted by molar-refractivity contribution is 0.364. The quantitative estimate of drug-likeness (QED) is 0.426. The van der Waals surface area contributed by atoms with E-state index in [2.05, 4.69) is 0 Å². The van der Waals surface area contributed by atoms with Gasteiger partial charge in [0.15, 0.2) is 23.3 Å². The van der Waals surface area contributed by atoms with Gasteiger partial charge in [-0.25, -0.2) is 22.0 Å². The van der Waals surface area contributed by atoms with Crippen LogP contribution in [0.15, 0.2) is 6.08 Å². The summed E-state index contributed by atoms with van der Waals surface area (Å²) in [7, 11) is 1.54. The van der Waals surface area contributed by atoms with Crippen LogP contribution >= 0.6 is 0 Å². The largest absolute Gasteiger partial charge is 0.371 e. The number of benzene rings is 1. The third kappa shape index (κ3) is 1.67. The van der Waals surface area contributed by atoms with Gasteiger partial charge < -0.3 is 4.90 Å². The molecule has 0 bridgehead atoms. The third-order valence-electron chi connectivity index (χ3n) is 3.16. The Morgan fingerprint density at radius 3 is 1.78 bits per heavy atom. The molecule has 0 saturated heterocycles. The fourth-order valence-electron chi connectivity index (χ4n) is 1.93. The molecule has 1 aliphatic heterocycles. The van der Waals surface area contributed by atoms with Crippen LogP contribution in [0.4, 0.5) is 22.0 Å². The minimum Gasteiger partial charge on any atom is -0.371 e. The zero-order chi connectivity index (χ0) is 13.6. The van der Waals surface area contributed by atoms with Crippen LogP contribution in [0.5, 0.6) is 0 Å². The van der Waals surface area contributed by atoms with E-state index in [0.29, 0.717) is 6.42 Å². The average molecular weight is 263 g/mol. The minimum atomic E-state index is -2.14. The Bertz CT molecular complexity index is 509. The zero-order valence-electron chi connectivity index (χ0n) is 9.70. The lowest BCUT2D eigenvalue weighted by atomic mass is 10.1. The summed E-state index contributed by atoms with van der Waals surface area (Å²) in [6, 6.07) is -0.0463. The first-order valence-electron chi connectivity index (χ1n) is 5.31. The van der Waals surface area contributed by atoms with Gasteiger partial charge in [-0.05, 0) is 13.3 Å². The molecule has 0 fully saturated rings. The highest BCUT2D eigenvalue weighted by Crippen LogP contribution is 2.34. The third-order valence-corrected chi connectivity index (χ3v) is 3.16. The Morgan fingerprint density at radius 1 is 0.944 bits per heavy atom. The standard InChI is InChI=1S/C12H10F5N/c1-5-3-4-6(18(5)2)7-8(13)10(15)12(17)11(16)9(7)14/h4-5H,3H2,1-2H3. The van der Waals surface area contributed by atoms with E-state index in [4.69, 9.17) is 0 Å². The van der Waals surface area contributed by atoms with Crippen molar-refractivity contribution in [3.8, 4) is 0 Å². The van der Waals surface area contributed by atoms with Gasteiger partial charge in [0.2, 0.25) is 5.82 Å². The molecule has 1 aromatic carbocycles. The van der Waals surface area contributed by atoms with Crippen LogP contribution in [0.2, 0.25) is 0 Å². The summed E-state index contributed by atoms with van der Waals surface area (Å²) in [5.74, 6) is -9.56. The van der Waals surface area contributed by atoms with Gasteiger partial charge in [-0.3, -0.25) is 0 Å². The van der Waals surface area contributed by atoms with Gasteiger partial charge in [0, 0.05) is 18.8 Å². The molecule has 1 atom stereocenters. The molecule has 6 heteroatoms. The molecule has 1 aromatic rings. The number of rotatable bonds is 1. The predicted octanol–water partition coefficient (Wildman–Crippen LogP) is 3.45. The van der Waals surface area contributed by atoms with Crippen LogP contribution in [0.3, 0.4) is 0 Å². The summed E-state index contributed by atoms with van der Waals surface area (Å²) in [5, 5.41) is 0. The van der Waals surface area contributed by atoms with Crippen molar-refractivity contribution in [1.29, 1.82) is 0 Å². The lowest BCUT2D eigenvalue weighted by Gasteiger charge is -2.23. The summed E-state index contributed by atoms with van der Waals surface area (Å²) in [4.78, 5) is 1.48. The highest BCUT2D eigenvalue weighted by Gasteiger charge is 2.31. The lowest BCUT2D eigenvalue weighted by Crippen LogP contribution is -2.23. The van der Waals surface area contributed by atoms with Crippen molar-refractivity contribution in [2.75, 3.05) is 7.05 Å². The number of hydrogen-bond donors (Lipinski definition) is 0. The minimum absolute atomic E-state index is 0.0234. The molecule has 98 valence electrons. The molecule has 0 aliphatic carbocycles. The summed E-state index contributed by atoms with van der Waals surface area (Å²) < 4.78 is 66.2. The first-order chi connectivity index (χ1) is 8.36. The number of hydrogen-bond acceptors (Lipinski definition) is 1. The molecule has 0 spiro atoms. The molecular formula is C12H10F5N. The van der Waals surface area contributed by atoms with E-state index in [1.54, 1.807) is 14.0 Å². The van der Waals surface area contributed by atoms with E-state index in [0.717, 1.165) is 0 Å². The summed E-state index contributed by atoms with van der Waals surface area (Å²) in [5.41, 5.74) is -0.839. The topological polar surface area (TPSA) is 3.24 Å². The van der Waals surface area contributed by atoms with Crippen molar-refractivity contribution in [3.63, 3.8) is 0 Å². The molecule has 0 amide bonds. The van der Waals surface area contributed by atoms with Crippen molar-refractivity contribution >= 4 is 5.70 Å². The van der Waals surface area contributed by atoms with Crippen LogP contribution in [0.1, 0.15) is 18.9 Å². The van der Waals surface area contributed by atoms with Crippen LogP contribution < -0.4 is 0 Å². The molecule has 1 aliphatic rings. The molecule has 1 heterocycles. The first kappa shape index (κ1) is 12.9. The Balaban J connectivity index is 2.66. The van der Waals surface area contributed by atoms with Gasteiger partial charge in [-0.1, -0.05) is 6.08 Å². The summed E-state index contributed by atoms with van der Waals surface area (Å²) in [6.07, 6.45) is 1.95. The SMILES string of the molecule is CC1CC=C(c2c(F)c(F)c(F)c(F)c2F)N1C. The maximum Gasteiger partial charge on any atom is 0.200 e. The van der Waals surface area contributed by atoms with Gasteiger partial charge in [-0.15, -0.1) is 0 Å². The van der Waals surface area contributed by atoms with Gasteiger partial charge in [0.1, 0.15) is 0 Å². The van der Waals surface area contributed by atoms with Crippen molar-refractivity contribution in [3.05, 3.63) is 40.7 Å². The smallest absolute Gasteiger partial charge is 0.200 e. The summed E-state index contributed by atoms with van der Waals surface area (Å²) in [6.45, 7) is 1.79. The number of nitrogens with zero attached hydrogens (tertiary/aromatic N) is 1. The van der Waals surface area contributed by atoms with Crippen molar-refractivity contribution < 1.29 is 22.0 Å². The molecule has 0 saturated carbocycles. The number of halogens is 5. The molecular weight excluding hydrogens is 253 g/mol. The van der Waals surface area contributed by atoms with E-state index >= 15 is 0 Å². The molecule has 1 unspecified atom stereocenters. The Kier molecular flexibility index (Phi) is 3.04. The van der Waals surface area contributed by atoms with Gasteiger partial charge in [0.05, 0.1) is 5.56 Å². The van der Waals surface area contributed by atoms with Gasteiger partial charge in [0.25, 0.3) is 0 Å². The Labute approximate surface area is 101 Å². The van der Waals surface area contributed by atoms with Crippen molar-refractivity contribution in [1.82, 2.24) is 4.90 Å². The van der Waals surface area contributed by atoms with Crippen LogP contribution in [0, 0.1) is 29.1 Å². The summed E-state index contributed by atoms with van der Waals surface area (Å²) >= 11 is 0. The van der Waals surface area contributed by atoms with E-state index in [9.17, 15) is 22.0 Å². The van der Waals surface area contributed by atoms with Crippen LogP contribution in [0.25, 0.3) is 5.70 Å². The molecule has 0 N–H and O–H groups in total. The molecule has 2 rings (SSSR count). The van der Waals surface area contributed by atoms with Crippen LogP contribution in [-0.2, 0) is 0 Å². The molecule has 18 heavy (non-hydrogen) atoms. The van der Waals surface area contributed by atoms with E-state index < -0.39 is 34.6 Å². The highest BCUT2D eigenvalue weighted by molar-refractivity contribution is 5.67. The first-order valence-corrected chi connectivity index (χ1v) is 5.31. The van der Waals surface area contributed by atoms with E-state index in [1.165, 1.54) is 11.0 Å². The maximum atomic E-state index is 13.6. The second kappa shape index (κ2) is 4.26. The fraction of sp³-hybridized carbons (Fsp3) is 0.333. The monoisotopic (exact) mass is 263 g/mol. The van der Waals surface area contributed by atoms with Gasteiger partial charge in [-0.2, -0.15) is 0 Å². The highest BCUT2D eigenvalue weighted by atomic mass is 19.2. The zero-order valence-corrected chi connectivity index (χ0v) is 9.70. The molecule has 1 nitrogen and oxygen atoms in total. The normalized spacial score (nSPS) is 19.4.